The number of nitrogens with zero attached hydrogens (tertiary/aromatic N) is 1. The Morgan fingerprint density at radius 1 is 1.35 bits per heavy atom. The van der Waals surface area contributed by atoms with Crippen LogP contribution in [-0.4, -0.2) is 25.0 Å². The molecule has 0 saturated carbocycles. The van der Waals surface area contributed by atoms with Crippen molar-refractivity contribution >= 4 is 11.6 Å². The number of benzene rings is 1. The van der Waals surface area contributed by atoms with Crippen LogP contribution in [0.5, 0.6) is 0 Å². The summed E-state index contributed by atoms with van der Waals surface area (Å²) in [6, 6.07) is 6.47. The van der Waals surface area contributed by atoms with Crippen molar-refractivity contribution < 1.29 is 4.79 Å². The molecule has 2 rings (SSSR count). The van der Waals surface area contributed by atoms with Gasteiger partial charge in [-0.2, -0.15) is 0 Å². The van der Waals surface area contributed by atoms with Crippen LogP contribution in [0.25, 0.3) is 0 Å². The normalized spacial score (nSPS) is 20.1. The molecule has 1 heterocycles. The van der Waals surface area contributed by atoms with E-state index in [1.165, 1.54) is 11.1 Å². The van der Waals surface area contributed by atoms with E-state index in [0.29, 0.717) is 12.5 Å². The van der Waals surface area contributed by atoms with Gasteiger partial charge in [-0.1, -0.05) is 25.1 Å². The van der Waals surface area contributed by atoms with E-state index in [2.05, 4.69) is 38.2 Å². The molecule has 0 aliphatic carbocycles. The van der Waals surface area contributed by atoms with Gasteiger partial charge in [0, 0.05) is 24.7 Å². The molecule has 1 aliphatic rings. The molecule has 0 radical (unpaired) electrons. The zero-order valence-electron chi connectivity index (χ0n) is 10.8. The molecular formula is C14H20N2O. The molecular weight excluding hydrogens is 212 g/mol. The topological polar surface area (TPSA) is 32.3 Å². The maximum absolute atomic E-state index is 12.1. The number of nitrogens with one attached hydrogen (secondary N) is 1. The summed E-state index contributed by atoms with van der Waals surface area (Å²) in [5.74, 6) is 0.230. The average molecular weight is 232 g/mol. The summed E-state index contributed by atoms with van der Waals surface area (Å²) in [5.41, 5.74) is 3.45. The minimum atomic E-state index is 0.230. The lowest BCUT2D eigenvalue weighted by atomic mass is 10.1. The highest BCUT2D eigenvalue weighted by Crippen LogP contribution is 2.28. The largest absolute Gasteiger partial charge is 0.312 e. The minimum absolute atomic E-state index is 0.230. The summed E-state index contributed by atoms with van der Waals surface area (Å²) < 4.78 is 0. The fourth-order valence-corrected chi connectivity index (χ4v) is 2.58. The molecule has 1 amide bonds. The van der Waals surface area contributed by atoms with Gasteiger partial charge in [-0.25, -0.2) is 0 Å². The van der Waals surface area contributed by atoms with Gasteiger partial charge in [-0.05, 0) is 31.5 Å². The molecule has 3 heteroatoms. The lowest BCUT2D eigenvalue weighted by Gasteiger charge is -2.21. The van der Waals surface area contributed by atoms with Gasteiger partial charge in [-0.3, -0.25) is 4.79 Å². The number of carbonyl (C=O) groups excluding carboxylic acids is 1. The Balaban J connectivity index is 2.26. The molecule has 0 spiro atoms. The van der Waals surface area contributed by atoms with Crippen LogP contribution in [-0.2, 0) is 4.79 Å². The van der Waals surface area contributed by atoms with Crippen LogP contribution in [0, 0.1) is 13.8 Å². The van der Waals surface area contributed by atoms with Crippen molar-refractivity contribution in [1.82, 2.24) is 5.32 Å². The number of hydrogen-bond acceptors (Lipinski definition) is 2. The Hall–Kier alpha value is -1.35. The number of rotatable bonds is 3. The number of amides is 1. The molecule has 1 saturated heterocycles. The molecule has 0 aromatic heterocycles. The van der Waals surface area contributed by atoms with Gasteiger partial charge in [0.1, 0.15) is 0 Å². The predicted molar refractivity (Wildman–Crippen MR) is 70.4 cm³/mol. The van der Waals surface area contributed by atoms with Gasteiger partial charge in [0.25, 0.3) is 0 Å². The summed E-state index contributed by atoms with van der Waals surface area (Å²) in [4.78, 5) is 14.0. The second kappa shape index (κ2) is 4.88. The van der Waals surface area contributed by atoms with Gasteiger partial charge in [0.05, 0.1) is 0 Å². The average Bonchev–Trinajstić information content (AvgIpc) is 2.60. The van der Waals surface area contributed by atoms with Crippen LogP contribution < -0.4 is 10.2 Å². The molecule has 1 unspecified atom stereocenters. The maximum Gasteiger partial charge on any atom is 0.228 e. The van der Waals surface area contributed by atoms with Gasteiger partial charge in [0.15, 0.2) is 0 Å². The van der Waals surface area contributed by atoms with Crippen molar-refractivity contribution in [3.63, 3.8) is 0 Å². The highest BCUT2D eigenvalue weighted by atomic mass is 16.2. The fraction of sp³-hybridized carbons (Fsp3) is 0.500. The molecule has 92 valence electrons. The van der Waals surface area contributed by atoms with Gasteiger partial charge < -0.3 is 10.2 Å². The summed E-state index contributed by atoms with van der Waals surface area (Å²) in [6.07, 6.45) is 0.613. The molecule has 17 heavy (non-hydrogen) atoms. The van der Waals surface area contributed by atoms with E-state index >= 15 is 0 Å². The third kappa shape index (κ3) is 2.34. The van der Waals surface area contributed by atoms with Crippen molar-refractivity contribution in [1.29, 1.82) is 0 Å². The van der Waals surface area contributed by atoms with Crippen molar-refractivity contribution in [2.45, 2.75) is 33.2 Å². The third-order valence-electron chi connectivity index (χ3n) is 3.33. The van der Waals surface area contributed by atoms with Gasteiger partial charge in [0.2, 0.25) is 5.91 Å². The molecule has 0 bridgehead atoms. The van der Waals surface area contributed by atoms with E-state index < -0.39 is 0 Å². The van der Waals surface area contributed by atoms with E-state index in [9.17, 15) is 4.79 Å². The lowest BCUT2D eigenvalue weighted by Crippen LogP contribution is -2.33. The highest BCUT2D eigenvalue weighted by molar-refractivity contribution is 5.97. The Morgan fingerprint density at radius 2 is 2.00 bits per heavy atom. The van der Waals surface area contributed by atoms with Gasteiger partial charge >= 0.3 is 0 Å². The van der Waals surface area contributed by atoms with Crippen molar-refractivity contribution in [2.24, 2.45) is 0 Å². The first-order valence-electron chi connectivity index (χ1n) is 6.23. The number of likely N-dealkylation sites (N-methyl/N-ethyl adjacent to an activating group) is 1. The quantitative estimate of drug-likeness (QED) is 0.864. The molecule has 1 aliphatic heterocycles. The van der Waals surface area contributed by atoms with Crippen LogP contribution in [0.3, 0.4) is 0 Å². The van der Waals surface area contributed by atoms with E-state index in [4.69, 9.17) is 0 Å². The highest BCUT2D eigenvalue weighted by Gasteiger charge is 2.31. The number of carbonyl (C=O) groups is 1. The fourth-order valence-electron chi connectivity index (χ4n) is 2.58. The van der Waals surface area contributed by atoms with Crippen LogP contribution in [0.2, 0.25) is 0 Å². The number of para-hydroxylation sites is 1. The first kappa shape index (κ1) is 12.1. The standard InChI is InChI=1S/C14H20N2O/c1-4-15-12-8-13(17)16(9-12)14-10(2)6-5-7-11(14)3/h5-7,12,15H,4,8-9H2,1-3H3. The molecule has 1 N–H and O–H groups in total. The Morgan fingerprint density at radius 3 is 2.59 bits per heavy atom. The van der Waals surface area contributed by atoms with E-state index in [1.54, 1.807) is 0 Å². The third-order valence-corrected chi connectivity index (χ3v) is 3.33. The van der Waals surface area contributed by atoms with Crippen LogP contribution in [0.4, 0.5) is 5.69 Å². The summed E-state index contributed by atoms with van der Waals surface area (Å²) in [5, 5.41) is 3.35. The van der Waals surface area contributed by atoms with Crippen LogP contribution >= 0.6 is 0 Å². The smallest absolute Gasteiger partial charge is 0.228 e. The number of aryl methyl sites for hydroxylation is 2. The zero-order valence-corrected chi connectivity index (χ0v) is 10.8. The van der Waals surface area contributed by atoms with Gasteiger partial charge in [-0.15, -0.1) is 0 Å². The van der Waals surface area contributed by atoms with Crippen LogP contribution in [0.15, 0.2) is 18.2 Å². The van der Waals surface area contributed by atoms with Crippen molar-refractivity contribution in [3.05, 3.63) is 29.3 Å². The molecule has 1 aromatic rings. The minimum Gasteiger partial charge on any atom is -0.312 e. The first-order valence-corrected chi connectivity index (χ1v) is 6.23. The molecule has 1 aromatic carbocycles. The maximum atomic E-state index is 12.1. The molecule has 1 atom stereocenters. The van der Waals surface area contributed by atoms with Crippen molar-refractivity contribution in [3.8, 4) is 0 Å². The van der Waals surface area contributed by atoms with E-state index in [-0.39, 0.29) is 5.91 Å². The SMILES string of the molecule is CCNC1CC(=O)N(c2c(C)cccc2C)C1. The predicted octanol–water partition coefficient (Wildman–Crippen LogP) is 2.02. The summed E-state index contributed by atoms with van der Waals surface area (Å²) in [7, 11) is 0. The zero-order chi connectivity index (χ0) is 12.4. The lowest BCUT2D eigenvalue weighted by molar-refractivity contribution is -0.117. The second-order valence-corrected chi connectivity index (χ2v) is 4.70. The first-order chi connectivity index (χ1) is 8.13. The Bertz CT molecular complexity index is 408. The van der Waals surface area contributed by atoms with Crippen LogP contribution in [0.1, 0.15) is 24.5 Å². The second-order valence-electron chi connectivity index (χ2n) is 4.70. The number of hydrogen-bond donors (Lipinski definition) is 1. The summed E-state index contributed by atoms with van der Waals surface area (Å²) >= 11 is 0. The van der Waals surface area contributed by atoms with Crippen molar-refractivity contribution in [2.75, 3.05) is 18.0 Å². The number of anilines is 1. The van der Waals surface area contributed by atoms with E-state index in [1.807, 2.05) is 11.0 Å². The Labute approximate surface area is 103 Å². The molecule has 3 nitrogen and oxygen atoms in total. The monoisotopic (exact) mass is 232 g/mol. The van der Waals surface area contributed by atoms with E-state index in [0.717, 1.165) is 18.8 Å². The Kier molecular flexibility index (Phi) is 3.48. The summed E-state index contributed by atoms with van der Waals surface area (Å²) in [6.45, 7) is 7.91. The molecule has 1 fully saturated rings.